The Kier molecular flexibility index (Phi) is 9.06. The van der Waals surface area contributed by atoms with Crippen LogP contribution in [-0.4, -0.2) is 48.5 Å². The standard InChI is InChI=1S/C31H35N3O6/c1-19-8-10-22(11-9-19)26-23-7-6-13-32-27(23)31(37)34(14-12-20(2)18-35)28(26)30(36)33-17-21-15-24(38-3)29(40-5)25(16-21)39-4/h6-11,13,15-16,20,35H,12,14,17-18H2,1-5H3,(H,33,36). The van der Waals surface area contributed by atoms with E-state index in [4.69, 9.17) is 14.2 Å². The number of fused-ring (bicyclic) bond motifs is 1. The highest BCUT2D eigenvalue weighted by Crippen LogP contribution is 2.38. The number of aliphatic hydroxyl groups is 1. The summed E-state index contributed by atoms with van der Waals surface area (Å²) in [6.07, 6.45) is 2.09. The van der Waals surface area contributed by atoms with Gasteiger partial charge in [0.25, 0.3) is 11.5 Å². The number of amides is 1. The van der Waals surface area contributed by atoms with Crippen LogP contribution in [0.3, 0.4) is 0 Å². The highest BCUT2D eigenvalue weighted by Gasteiger charge is 2.24. The summed E-state index contributed by atoms with van der Waals surface area (Å²) >= 11 is 0. The molecule has 0 saturated carbocycles. The number of nitrogens with one attached hydrogen (secondary N) is 1. The number of aryl methyl sites for hydroxylation is 1. The van der Waals surface area contributed by atoms with E-state index in [-0.39, 0.29) is 42.4 Å². The van der Waals surface area contributed by atoms with E-state index in [0.717, 1.165) is 16.7 Å². The number of aromatic nitrogens is 2. The lowest BCUT2D eigenvalue weighted by molar-refractivity contribution is 0.0940. The van der Waals surface area contributed by atoms with Crippen molar-refractivity contribution in [1.82, 2.24) is 14.9 Å². The lowest BCUT2D eigenvalue weighted by Gasteiger charge is -2.21. The van der Waals surface area contributed by atoms with E-state index in [9.17, 15) is 14.7 Å². The summed E-state index contributed by atoms with van der Waals surface area (Å²) in [7, 11) is 4.59. The summed E-state index contributed by atoms with van der Waals surface area (Å²) in [6.45, 7) is 4.27. The van der Waals surface area contributed by atoms with Gasteiger partial charge in [-0.1, -0.05) is 42.8 Å². The highest BCUT2D eigenvalue weighted by molar-refractivity contribution is 6.07. The summed E-state index contributed by atoms with van der Waals surface area (Å²) in [4.78, 5) is 32.1. The van der Waals surface area contributed by atoms with Crippen molar-refractivity contribution in [3.05, 3.63) is 81.9 Å². The van der Waals surface area contributed by atoms with E-state index in [0.29, 0.717) is 34.6 Å². The van der Waals surface area contributed by atoms with Crippen molar-refractivity contribution in [2.24, 2.45) is 5.92 Å². The van der Waals surface area contributed by atoms with Crippen LogP contribution in [0.2, 0.25) is 0 Å². The average Bonchev–Trinajstić information content (AvgIpc) is 2.98. The molecule has 0 aliphatic heterocycles. The van der Waals surface area contributed by atoms with Gasteiger partial charge in [-0.3, -0.25) is 14.6 Å². The zero-order chi connectivity index (χ0) is 28.8. The van der Waals surface area contributed by atoms with Gasteiger partial charge in [0.05, 0.1) is 21.3 Å². The molecule has 2 N–H and O–H groups in total. The van der Waals surface area contributed by atoms with E-state index >= 15 is 0 Å². The second kappa shape index (κ2) is 12.7. The van der Waals surface area contributed by atoms with Crippen LogP contribution in [-0.2, 0) is 13.1 Å². The van der Waals surface area contributed by atoms with Crippen LogP contribution < -0.4 is 25.1 Å². The molecule has 2 aromatic heterocycles. The first kappa shape index (κ1) is 28.6. The predicted molar refractivity (Wildman–Crippen MR) is 154 cm³/mol. The van der Waals surface area contributed by atoms with Gasteiger partial charge in [-0.05, 0) is 48.6 Å². The molecular weight excluding hydrogens is 510 g/mol. The first-order valence-electron chi connectivity index (χ1n) is 13.1. The molecule has 4 rings (SSSR count). The molecule has 0 aliphatic rings. The number of pyridine rings is 2. The van der Waals surface area contributed by atoms with Crippen molar-refractivity contribution in [3.8, 4) is 28.4 Å². The summed E-state index contributed by atoms with van der Waals surface area (Å²) in [6, 6.07) is 14.9. The van der Waals surface area contributed by atoms with Crippen molar-refractivity contribution in [2.45, 2.75) is 33.4 Å². The molecule has 210 valence electrons. The Labute approximate surface area is 233 Å². The average molecular weight is 546 g/mol. The predicted octanol–water partition coefficient (Wildman–Crippen LogP) is 4.35. The summed E-state index contributed by atoms with van der Waals surface area (Å²) in [5.41, 5.74) is 3.40. The smallest absolute Gasteiger partial charge is 0.277 e. The van der Waals surface area contributed by atoms with Crippen LogP contribution in [0.15, 0.2) is 59.5 Å². The minimum atomic E-state index is -0.413. The van der Waals surface area contributed by atoms with Gasteiger partial charge < -0.3 is 29.2 Å². The Bertz CT molecular complexity index is 1540. The molecule has 0 fully saturated rings. The number of carbonyl (C=O) groups excluding carboxylic acids is 1. The molecule has 0 radical (unpaired) electrons. The largest absolute Gasteiger partial charge is 0.493 e. The number of nitrogens with zero attached hydrogens (tertiary/aromatic N) is 2. The highest BCUT2D eigenvalue weighted by atomic mass is 16.5. The molecule has 0 saturated heterocycles. The van der Waals surface area contributed by atoms with E-state index in [1.807, 2.05) is 44.2 Å². The molecule has 1 unspecified atom stereocenters. The van der Waals surface area contributed by atoms with E-state index in [1.54, 1.807) is 24.4 Å². The van der Waals surface area contributed by atoms with Crippen LogP contribution in [0.1, 0.15) is 35.0 Å². The molecule has 0 bridgehead atoms. The lowest BCUT2D eigenvalue weighted by atomic mass is 9.97. The molecular formula is C31H35N3O6. The SMILES string of the molecule is COc1cc(CNC(=O)c2c(-c3ccc(C)cc3)c3cccnc3c(=O)n2CCC(C)CO)cc(OC)c1OC. The number of aliphatic hydroxyl groups excluding tert-OH is 1. The van der Waals surface area contributed by atoms with Gasteiger partial charge in [-0.25, -0.2) is 0 Å². The Hall–Kier alpha value is -4.37. The topological polar surface area (TPSA) is 112 Å². The Morgan fingerprint density at radius 3 is 2.33 bits per heavy atom. The van der Waals surface area contributed by atoms with E-state index in [1.165, 1.54) is 25.9 Å². The molecule has 4 aromatic rings. The molecule has 9 heteroatoms. The number of benzene rings is 2. The van der Waals surface area contributed by atoms with Gasteiger partial charge >= 0.3 is 0 Å². The number of rotatable bonds is 11. The third-order valence-corrected chi connectivity index (χ3v) is 6.92. The first-order valence-corrected chi connectivity index (χ1v) is 13.1. The number of methoxy groups -OCH3 is 3. The van der Waals surface area contributed by atoms with Crippen LogP contribution in [0.25, 0.3) is 22.0 Å². The maximum absolute atomic E-state index is 14.0. The first-order chi connectivity index (χ1) is 19.3. The maximum Gasteiger partial charge on any atom is 0.277 e. The van der Waals surface area contributed by atoms with Crippen molar-refractivity contribution in [2.75, 3.05) is 27.9 Å². The van der Waals surface area contributed by atoms with E-state index < -0.39 is 5.91 Å². The Balaban J connectivity index is 1.86. The molecule has 1 amide bonds. The third-order valence-electron chi connectivity index (χ3n) is 6.92. The molecule has 9 nitrogen and oxygen atoms in total. The number of carbonyl (C=O) groups is 1. The monoisotopic (exact) mass is 545 g/mol. The van der Waals surface area contributed by atoms with Crippen molar-refractivity contribution in [3.63, 3.8) is 0 Å². The van der Waals surface area contributed by atoms with E-state index in [2.05, 4.69) is 10.3 Å². The van der Waals surface area contributed by atoms with Gasteiger partial charge in [0.2, 0.25) is 5.75 Å². The molecule has 2 aromatic carbocycles. The fourth-order valence-electron chi connectivity index (χ4n) is 4.68. The summed E-state index contributed by atoms with van der Waals surface area (Å²) in [5.74, 6) is 0.931. The molecule has 40 heavy (non-hydrogen) atoms. The second-order valence-corrected chi connectivity index (χ2v) is 9.74. The number of ether oxygens (including phenoxy) is 3. The molecule has 0 spiro atoms. The van der Waals surface area contributed by atoms with Crippen molar-refractivity contribution < 1.29 is 24.1 Å². The van der Waals surface area contributed by atoms with Crippen LogP contribution in [0, 0.1) is 12.8 Å². The molecule has 1 atom stereocenters. The van der Waals surface area contributed by atoms with Crippen molar-refractivity contribution >= 4 is 16.8 Å². The lowest BCUT2D eigenvalue weighted by Crippen LogP contribution is -2.34. The number of hydrogen-bond donors (Lipinski definition) is 2. The number of hydrogen-bond acceptors (Lipinski definition) is 7. The normalized spacial score (nSPS) is 11.8. The van der Waals surface area contributed by atoms with Crippen LogP contribution in [0.4, 0.5) is 0 Å². The summed E-state index contributed by atoms with van der Waals surface area (Å²) in [5, 5.41) is 13.2. The Morgan fingerprint density at radius 2 is 1.73 bits per heavy atom. The van der Waals surface area contributed by atoms with Gasteiger partial charge in [-0.2, -0.15) is 0 Å². The van der Waals surface area contributed by atoms with Gasteiger partial charge in [-0.15, -0.1) is 0 Å². The fourth-order valence-corrected chi connectivity index (χ4v) is 4.68. The zero-order valence-corrected chi connectivity index (χ0v) is 23.5. The van der Waals surface area contributed by atoms with Gasteiger partial charge in [0.15, 0.2) is 11.5 Å². The Morgan fingerprint density at radius 1 is 1.05 bits per heavy atom. The fraction of sp³-hybridized carbons (Fsp3) is 0.323. The van der Waals surface area contributed by atoms with Crippen molar-refractivity contribution in [1.29, 1.82) is 0 Å². The minimum absolute atomic E-state index is 0.0198. The van der Waals surface area contributed by atoms with Gasteiger partial charge in [0.1, 0.15) is 11.2 Å². The zero-order valence-electron chi connectivity index (χ0n) is 23.5. The molecule has 2 heterocycles. The third kappa shape index (κ3) is 5.79. The molecule has 0 aliphatic carbocycles. The second-order valence-electron chi connectivity index (χ2n) is 9.74. The van der Waals surface area contributed by atoms with Crippen LogP contribution >= 0.6 is 0 Å². The maximum atomic E-state index is 14.0. The summed E-state index contributed by atoms with van der Waals surface area (Å²) < 4.78 is 17.8. The van der Waals surface area contributed by atoms with Crippen LogP contribution in [0.5, 0.6) is 17.2 Å². The minimum Gasteiger partial charge on any atom is -0.493 e. The quantitative estimate of drug-likeness (QED) is 0.288. The van der Waals surface area contributed by atoms with Gasteiger partial charge in [0, 0.05) is 36.8 Å².